The van der Waals surface area contributed by atoms with Crippen molar-refractivity contribution in [2.45, 2.75) is 6.18 Å². The van der Waals surface area contributed by atoms with E-state index in [4.69, 9.17) is 11.0 Å². The van der Waals surface area contributed by atoms with Gasteiger partial charge in [-0.25, -0.2) is 14.4 Å². The number of benzene rings is 1. The topological polar surface area (TPSA) is 75.6 Å². The predicted molar refractivity (Wildman–Crippen MR) is 61.6 cm³/mol. The molecule has 0 atom stereocenters. The molecule has 4 nitrogen and oxygen atoms in total. The van der Waals surface area contributed by atoms with Gasteiger partial charge in [-0.05, 0) is 24.3 Å². The Morgan fingerprint density at radius 1 is 1.10 bits per heavy atom. The quantitative estimate of drug-likeness (QED) is 0.816. The molecule has 0 amide bonds. The lowest BCUT2D eigenvalue weighted by Crippen LogP contribution is -2.11. The van der Waals surface area contributed by atoms with Gasteiger partial charge in [-0.2, -0.15) is 18.4 Å². The summed E-state index contributed by atoms with van der Waals surface area (Å²) in [7, 11) is 0. The molecule has 8 heteroatoms. The molecule has 0 saturated heterocycles. The minimum Gasteiger partial charge on any atom is -0.368 e. The van der Waals surface area contributed by atoms with Crippen molar-refractivity contribution in [3.8, 4) is 17.3 Å². The minimum absolute atomic E-state index is 0.0150. The molecule has 0 fully saturated rings. The summed E-state index contributed by atoms with van der Waals surface area (Å²) < 4.78 is 51.1. The number of nitrogen functional groups attached to an aromatic ring is 1. The Labute approximate surface area is 110 Å². The lowest BCUT2D eigenvalue weighted by atomic mass is 10.1. The van der Waals surface area contributed by atoms with Gasteiger partial charge in [0, 0.05) is 5.56 Å². The average Bonchev–Trinajstić information content (AvgIpc) is 2.36. The summed E-state index contributed by atoms with van der Waals surface area (Å²) in [4.78, 5) is 6.70. The molecular weight excluding hydrogens is 276 g/mol. The SMILES string of the molecule is N#Cc1cc(F)cc(-c2cc(C(F)(F)F)nc(N)n2)c1. The second-order valence-electron chi connectivity index (χ2n) is 3.83. The fourth-order valence-electron chi connectivity index (χ4n) is 1.56. The van der Waals surface area contributed by atoms with Gasteiger partial charge in [0.15, 0.2) is 5.69 Å². The molecule has 20 heavy (non-hydrogen) atoms. The zero-order valence-corrected chi connectivity index (χ0v) is 9.74. The molecule has 0 unspecified atom stereocenters. The van der Waals surface area contributed by atoms with Crippen LogP contribution in [0.15, 0.2) is 24.3 Å². The summed E-state index contributed by atoms with van der Waals surface area (Å²) >= 11 is 0. The van der Waals surface area contributed by atoms with Crippen molar-refractivity contribution in [3.63, 3.8) is 0 Å². The number of nitrogens with zero attached hydrogens (tertiary/aromatic N) is 3. The fraction of sp³-hybridized carbons (Fsp3) is 0.0833. The standard InChI is InChI=1S/C12H6F4N4/c13-8-2-6(5-17)1-7(3-8)9-4-10(12(14,15)16)20-11(18)19-9/h1-4H,(H2,18,19,20). The van der Waals surface area contributed by atoms with Gasteiger partial charge < -0.3 is 5.73 Å². The third-order valence-electron chi connectivity index (χ3n) is 2.36. The van der Waals surface area contributed by atoms with Crippen LogP contribution in [0.2, 0.25) is 0 Å². The van der Waals surface area contributed by atoms with Crippen molar-refractivity contribution in [2.75, 3.05) is 5.73 Å². The number of halogens is 4. The highest BCUT2D eigenvalue weighted by Gasteiger charge is 2.33. The first-order chi connectivity index (χ1) is 9.29. The lowest BCUT2D eigenvalue weighted by Gasteiger charge is -2.09. The van der Waals surface area contributed by atoms with Crippen LogP contribution in [0.4, 0.5) is 23.5 Å². The summed E-state index contributed by atoms with van der Waals surface area (Å²) in [5.74, 6) is -1.35. The van der Waals surface area contributed by atoms with Gasteiger partial charge in [0.2, 0.25) is 5.95 Å². The summed E-state index contributed by atoms with van der Waals surface area (Å²) in [6.07, 6.45) is -4.70. The number of nitriles is 1. The van der Waals surface area contributed by atoms with E-state index in [0.717, 1.165) is 12.1 Å². The maximum atomic E-state index is 13.3. The number of anilines is 1. The first-order valence-electron chi connectivity index (χ1n) is 5.22. The molecule has 2 rings (SSSR count). The van der Waals surface area contributed by atoms with E-state index in [1.54, 1.807) is 6.07 Å². The van der Waals surface area contributed by atoms with Crippen molar-refractivity contribution >= 4 is 5.95 Å². The molecule has 0 spiro atoms. The maximum absolute atomic E-state index is 13.3. The van der Waals surface area contributed by atoms with Crippen molar-refractivity contribution in [3.05, 3.63) is 41.3 Å². The zero-order valence-electron chi connectivity index (χ0n) is 9.74. The Bertz CT molecular complexity index is 704. The fourth-order valence-corrected chi connectivity index (χ4v) is 1.56. The molecule has 102 valence electrons. The molecule has 0 saturated carbocycles. The smallest absolute Gasteiger partial charge is 0.368 e. The van der Waals surface area contributed by atoms with Crippen LogP contribution in [0, 0.1) is 17.1 Å². The van der Waals surface area contributed by atoms with E-state index in [1.165, 1.54) is 6.07 Å². The number of aromatic nitrogens is 2. The Kier molecular flexibility index (Phi) is 3.28. The average molecular weight is 282 g/mol. The number of hydrogen-bond acceptors (Lipinski definition) is 4. The predicted octanol–water partition coefficient (Wildman–Crippen LogP) is 2.76. The van der Waals surface area contributed by atoms with Gasteiger partial charge in [-0.3, -0.25) is 0 Å². The zero-order chi connectivity index (χ0) is 14.9. The molecule has 0 aliphatic rings. The van der Waals surface area contributed by atoms with Gasteiger partial charge in [0.25, 0.3) is 0 Å². The molecule has 1 aromatic heterocycles. The van der Waals surface area contributed by atoms with Gasteiger partial charge in [-0.15, -0.1) is 0 Å². The van der Waals surface area contributed by atoms with Crippen LogP contribution in [0.1, 0.15) is 11.3 Å². The number of hydrogen-bond donors (Lipinski definition) is 1. The second kappa shape index (κ2) is 4.77. The Balaban J connectivity index is 2.62. The Morgan fingerprint density at radius 2 is 1.80 bits per heavy atom. The van der Waals surface area contributed by atoms with Crippen LogP contribution < -0.4 is 5.73 Å². The summed E-state index contributed by atoms with van der Waals surface area (Å²) in [6, 6.07) is 5.48. The van der Waals surface area contributed by atoms with E-state index in [-0.39, 0.29) is 16.8 Å². The lowest BCUT2D eigenvalue weighted by molar-refractivity contribution is -0.141. The van der Waals surface area contributed by atoms with Crippen LogP contribution in [-0.2, 0) is 6.18 Å². The van der Waals surface area contributed by atoms with Crippen molar-refractivity contribution in [1.29, 1.82) is 5.26 Å². The summed E-state index contributed by atoms with van der Waals surface area (Å²) in [6.45, 7) is 0. The summed E-state index contributed by atoms with van der Waals surface area (Å²) in [5.41, 5.74) is 3.76. The largest absolute Gasteiger partial charge is 0.433 e. The molecule has 0 aliphatic carbocycles. The van der Waals surface area contributed by atoms with Gasteiger partial charge in [0.1, 0.15) is 5.82 Å². The molecule has 1 heterocycles. The normalized spacial score (nSPS) is 11.2. The van der Waals surface area contributed by atoms with Gasteiger partial charge in [0.05, 0.1) is 17.3 Å². The van der Waals surface area contributed by atoms with Crippen molar-refractivity contribution in [2.24, 2.45) is 0 Å². The van der Waals surface area contributed by atoms with Crippen LogP contribution >= 0.6 is 0 Å². The highest BCUT2D eigenvalue weighted by atomic mass is 19.4. The number of nitrogens with two attached hydrogens (primary N) is 1. The molecule has 2 aromatic rings. The number of alkyl halides is 3. The third-order valence-corrected chi connectivity index (χ3v) is 2.36. The van der Waals surface area contributed by atoms with E-state index >= 15 is 0 Å². The third kappa shape index (κ3) is 2.83. The highest BCUT2D eigenvalue weighted by molar-refractivity contribution is 5.63. The maximum Gasteiger partial charge on any atom is 0.433 e. The van der Waals surface area contributed by atoms with E-state index in [0.29, 0.717) is 6.07 Å². The highest BCUT2D eigenvalue weighted by Crippen LogP contribution is 2.31. The van der Waals surface area contributed by atoms with Gasteiger partial charge >= 0.3 is 6.18 Å². The molecular formula is C12H6F4N4. The minimum atomic E-state index is -4.70. The summed E-state index contributed by atoms with van der Waals surface area (Å²) in [5, 5.41) is 8.72. The first-order valence-corrected chi connectivity index (χ1v) is 5.22. The Morgan fingerprint density at radius 3 is 2.40 bits per heavy atom. The van der Waals surface area contributed by atoms with Crippen molar-refractivity contribution < 1.29 is 17.6 Å². The van der Waals surface area contributed by atoms with Gasteiger partial charge in [-0.1, -0.05) is 0 Å². The van der Waals surface area contributed by atoms with Crippen molar-refractivity contribution in [1.82, 2.24) is 9.97 Å². The van der Waals surface area contributed by atoms with E-state index in [1.807, 2.05) is 0 Å². The molecule has 2 N–H and O–H groups in total. The molecule has 0 bridgehead atoms. The second-order valence-corrected chi connectivity index (χ2v) is 3.83. The van der Waals surface area contributed by atoms with Crippen LogP contribution in [0.3, 0.4) is 0 Å². The number of rotatable bonds is 1. The first kappa shape index (κ1) is 13.7. The van der Waals surface area contributed by atoms with Crippen LogP contribution in [0.25, 0.3) is 11.3 Å². The van der Waals surface area contributed by atoms with E-state index in [9.17, 15) is 17.6 Å². The monoisotopic (exact) mass is 282 g/mol. The molecule has 0 radical (unpaired) electrons. The van der Waals surface area contributed by atoms with Crippen LogP contribution in [-0.4, -0.2) is 9.97 Å². The van der Waals surface area contributed by atoms with E-state index < -0.39 is 23.6 Å². The molecule has 1 aromatic carbocycles. The Hall–Kier alpha value is -2.69. The van der Waals surface area contributed by atoms with Crippen LogP contribution in [0.5, 0.6) is 0 Å². The van der Waals surface area contributed by atoms with E-state index in [2.05, 4.69) is 9.97 Å². The molecule has 0 aliphatic heterocycles.